The molecule has 94 valence electrons. The summed E-state index contributed by atoms with van der Waals surface area (Å²) in [6.45, 7) is 1.14. The lowest BCUT2D eigenvalue weighted by molar-refractivity contribution is 0.283. The third kappa shape index (κ3) is 3.27. The lowest BCUT2D eigenvalue weighted by Crippen LogP contribution is -2.03. The summed E-state index contributed by atoms with van der Waals surface area (Å²) >= 11 is 6.16. The van der Waals surface area contributed by atoms with Crippen molar-refractivity contribution in [3.05, 3.63) is 22.7 Å². The van der Waals surface area contributed by atoms with Gasteiger partial charge in [0.2, 0.25) is 0 Å². The topological polar surface area (TPSA) is 44.5 Å². The van der Waals surface area contributed by atoms with E-state index >= 15 is 0 Å². The highest BCUT2D eigenvalue weighted by molar-refractivity contribution is 6.32. The molecule has 0 heterocycles. The second kappa shape index (κ2) is 5.61. The van der Waals surface area contributed by atoms with Gasteiger partial charge >= 0.3 is 0 Å². The van der Waals surface area contributed by atoms with Gasteiger partial charge in [-0.15, -0.1) is 0 Å². The van der Waals surface area contributed by atoms with Crippen molar-refractivity contribution in [2.24, 2.45) is 11.7 Å². The van der Waals surface area contributed by atoms with Crippen LogP contribution in [0.25, 0.3) is 0 Å². The average molecular weight is 256 g/mol. The predicted octanol–water partition coefficient (Wildman–Crippen LogP) is 2.99. The van der Waals surface area contributed by atoms with Crippen LogP contribution < -0.4 is 15.2 Å². The van der Waals surface area contributed by atoms with Crippen LogP contribution in [0, 0.1) is 5.92 Å². The van der Waals surface area contributed by atoms with Crippen molar-refractivity contribution >= 4 is 11.6 Å². The van der Waals surface area contributed by atoms with Crippen molar-refractivity contribution in [3.8, 4) is 11.5 Å². The van der Waals surface area contributed by atoms with Crippen molar-refractivity contribution < 1.29 is 9.47 Å². The van der Waals surface area contributed by atoms with Crippen molar-refractivity contribution in [2.75, 3.05) is 13.7 Å². The van der Waals surface area contributed by atoms with E-state index in [0.29, 0.717) is 29.7 Å². The monoisotopic (exact) mass is 255 g/mol. The summed E-state index contributed by atoms with van der Waals surface area (Å²) in [4.78, 5) is 0. The predicted molar refractivity (Wildman–Crippen MR) is 68.7 cm³/mol. The summed E-state index contributed by atoms with van der Waals surface area (Å²) in [5, 5.41) is 0.570. The number of ether oxygens (including phenoxy) is 2. The molecule has 17 heavy (non-hydrogen) atoms. The minimum atomic E-state index is 0.443. The largest absolute Gasteiger partial charge is 0.493 e. The van der Waals surface area contributed by atoms with Gasteiger partial charge in [0, 0.05) is 6.54 Å². The molecule has 1 aromatic rings. The molecular weight excluding hydrogens is 238 g/mol. The molecule has 0 amide bonds. The first-order valence-electron chi connectivity index (χ1n) is 5.94. The van der Waals surface area contributed by atoms with E-state index < -0.39 is 0 Å². The van der Waals surface area contributed by atoms with Crippen LogP contribution in [-0.4, -0.2) is 13.7 Å². The SMILES string of the molecule is COc1cc(CN)cc(Cl)c1OCCC1CC1. The zero-order chi connectivity index (χ0) is 12.3. The molecule has 1 aliphatic rings. The fourth-order valence-electron chi connectivity index (χ4n) is 1.77. The number of halogens is 1. The van der Waals surface area contributed by atoms with Gasteiger partial charge < -0.3 is 15.2 Å². The molecule has 0 spiro atoms. The summed E-state index contributed by atoms with van der Waals surface area (Å²) in [6.07, 6.45) is 3.76. The highest BCUT2D eigenvalue weighted by atomic mass is 35.5. The standard InChI is InChI=1S/C13H18ClNO2/c1-16-12-7-10(8-15)6-11(14)13(12)17-5-4-9-2-3-9/h6-7,9H,2-5,8,15H2,1H3. The Morgan fingerprint density at radius 1 is 1.41 bits per heavy atom. The zero-order valence-corrected chi connectivity index (χ0v) is 10.8. The van der Waals surface area contributed by atoms with Gasteiger partial charge in [-0.1, -0.05) is 24.4 Å². The molecule has 2 rings (SSSR count). The first-order chi connectivity index (χ1) is 8.24. The average Bonchev–Trinajstić information content (AvgIpc) is 3.14. The van der Waals surface area contributed by atoms with E-state index in [4.69, 9.17) is 26.8 Å². The van der Waals surface area contributed by atoms with Crippen molar-refractivity contribution in [2.45, 2.75) is 25.8 Å². The van der Waals surface area contributed by atoms with Gasteiger partial charge in [-0.05, 0) is 30.0 Å². The summed E-state index contributed by atoms with van der Waals surface area (Å²) < 4.78 is 11.0. The number of rotatable bonds is 6. The highest BCUT2D eigenvalue weighted by Gasteiger charge is 2.21. The Bertz CT molecular complexity index is 391. The summed E-state index contributed by atoms with van der Waals surface area (Å²) in [6, 6.07) is 3.70. The Labute approximate surface area is 107 Å². The third-order valence-electron chi connectivity index (χ3n) is 2.99. The molecule has 3 nitrogen and oxygen atoms in total. The van der Waals surface area contributed by atoms with Crippen LogP contribution in [0.1, 0.15) is 24.8 Å². The quantitative estimate of drug-likeness (QED) is 0.850. The van der Waals surface area contributed by atoms with Gasteiger partial charge in [0.1, 0.15) is 0 Å². The normalized spacial score (nSPS) is 14.8. The molecule has 0 unspecified atom stereocenters. The summed E-state index contributed by atoms with van der Waals surface area (Å²) in [5.41, 5.74) is 6.53. The molecule has 0 bridgehead atoms. The van der Waals surface area contributed by atoms with Crippen molar-refractivity contribution in [1.82, 2.24) is 0 Å². The Morgan fingerprint density at radius 2 is 2.18 bits per heavy atom. The number of benzene rings is 1. The first kappa shape index (κ1) is 12.5. The van der Waals surface area contributed by atoms with Crippen LogP contribution in [0.2, 0.25) is 5.02 Å². The van der Waals surface area contributed by atoms with Gasteiger partial charge in [0.15, 0.2) is 11.5 Å². The Hall–Kier alpha value is -0.930. The number of hydrogen-bond acceptors (Lipinski definition) is 3. The zero-order valence-electron chi connectivity index (χ0n) is 10.0. The van der Waals surface area contributed by atoms with E-state index in [9.17, 15) is 0 Å². The Kier molecular flexibility index (Phi) is 4.13. The molecule has 0 aliphatic heterocycles. The lowest BCUT2D eigenvalue weighted by Gasteiger charge is -2.13. The van der Waals surface area contributed by atoms with Crippen molar-refractivity contribution in [1.29, 1.82) is 0 Å². The smallest absolute Gasteiger partial charge is 0.179 e. The van der Waals surface area contributed by atoms with Gasteiger partial charge in [0.25, 0.3) is 0 Å². The maximum Gasteiger partial charge on any atom is 0.179 e. The van der Waals surface area contributed by atoms with Gasteiger partial charge in [0.05, 0.1) is 18.7 Å². The maximum absolute atomic E-state index is 6.16. The third-order valence-corrected chi connectivity index (χ3v) is 3.28. The minimum Gasteiger partial charge on any atom is -0.493 e. The lowest BCUT2D eigenvalue weighted by atomic mass is 10.2. The van der Waals surface area contributed by atoms with Crippen LogP contribution in [0.5, 0.6) is 11.5 Å². The van der Waals surface area contributed by atoms with Gasteiger partial charge in [-0.25, -0.2) is 0 Å². The molecule has 4 heteroatoms. The Balaban J connectivity index is 2.06. The minimum absolute atomic E-state index is 0.443. The summed E-state index contributed by atoms with van der Waals surface area (Å²) in [5.74, 6) is 2.14. The second-order valence-electron chi connectivity index (χ2n) is 4.39. The van der Waals surface area contributed by atoms with E-state index in [1.54, 1.807) is 7.11 Å². The molecule has 1 fully saturated rings. The van der Waals surface area contributed by atoms with Crippen LogP contribution in [0.4, 0.5) is 0 Å². The molecule has 1 aromatic carbocycles. The number of methoxy groups -OCH3 is 1. The van der Waals surface area contributed by atoms with Crippen LogP contribution in [0.15, 0.2) is 12.1 Å². The molecule has 1 saturated carbocycles. The van der Waals surface area contributed by atoms with Gasteiger partial charge in [-0.2, -0.15) is 0 Å². The molecule has 0 atom stereocenters. The molecule has 2 N–H and O–H groups in total. The van der Waals surface area contributed by atoms with Gasteiger partial charge in [-0.3, -0.25) is 0 Å². The Morgan fingerprint density at radius 3 is 2.76 bits per heavy atom. The fraction of sp³-hybridized carbons (Fsp3) is 0.538. The van der Waals surface area contributed by atoms with E-state index in [1.807, 2.05) is 12.1 Å². The van der Waals surface area contributed by atoms with Crippen LogP contribution >= 0.6 is 11.6 Å². The van der Waals surface area contributed by atoms with Crippen molar-refractivity contribution in [3.63, 3.8) is 0 Å². The number of nitrogens with two attached hydrogens (primary N) is 1. The van der Waals surface area contributed by atoms with E-state index in [0.717, 1.165) is 17.9 Å². The first-order valence-corrected chi connectivity index (χ1v) is 6.31. The fourth-order valence-corrected chi connectivity index (χ4v) is 2.05. The van der Waals surface area contributed by atoms with E-state index in [-0.39, 0.29) is 0 Å². The summed E-state index contributed by atoms with van der Waals surface area (Å²) in [7, 11) is 1.61. The highest BCUT2D eigenvalue weighted by Crippen LogP contribution is 2.37. The van der Waals surface area contributed by atoms with E-state index in [2.05, 4.69) is 0 Å². The molecule has 0 saturated heterocycles. The maximum atomic E-state index is 6.16. The molecular formula is C13H18ClNO2. The van der Waals surface area contributed by atoms with E-state index in [1.165, 1.54) is 12.8 Å². The number of hydrogen-bond donors (Lipinski definition) is 1. The molecule has 0 aromatic heterocycles. The second-order valence-corrected chi connectivity index (χ2v) is 4.80. The molecule has 1 aliphatic carbocycles. The van der Waals surface area contributed by atoms with Crippen LogP contribution in [-0.2, 0) is 6.54 Å². The van der Waals surface area contributed by atoms with Crippen LogP contribution in [0.3, 0.4) is 0 Å². The molecule has 0 radical (unpaired) electrons.